The predicted molar refractivity (Wildman–Crippen MR) is 244 cm³/mol. The first-order valence-electron chi connectivity index (χ1n) is 19.1. The van der Waals surface area contributed by atoms with E-state index in [1.165, 1.54) is 112 Å². The molecule has 6 aliphatic rings. The number of nitrogens with zero attached hydrogens (tertiary/aromatic N) is 4. The summed E-state index contributed by atoms with van der Waals surface area (Å²) in [5.74, 6) is -0.804. The SMILES string of the molecule is BrCc1ccc(C2=C3C=CC4=[N+]3C35n6c2ccc6C(c2ccc(CBr)cc2)=C2C=CC(=[N+]23)C(c2ccc(CBr)cc2)=c2ccc(n25)=C4c2ccc(CBr)cc2)cc1. The molecule has 6 aromatic rings. The largest absolute Gasteiger partial charge is 0.553 e. The Morgan fingerprint density at radius 2 is 0.702 bits per heavy atom. The van der Waals surface area contributed by atoms with Gasteiger partial charge in [-0.25, -0.2) is 0 Å². The van der Waals surface area contributed by atoms with Crippen molar-refractivity contribution in [1.82, 2.24) is 9.13 Å². The van der Waals surface area contributed by atoms with Gasteiger partial charge in [-0.2, -0.15) is 9.13 Å². The van der Waals surface area contributed by atoms with Crippen LogP contribution in [0.15, 0.2) is 157 Å². The van der Waals surface area contributed by atoms with Crippen LogP contribution < -0.4 is 10.7 Å². The lowest BCUT2D eigenvalue weighted by molar-refractivity contribution is -0.834. The zero-order valence-electron chi connectivity index (χ0n) is 30.5. The van der Waals surface area contributed by atoms with E-state index in [0.29, 0.717) is 0 Å². The van der Waals surface area contributed by atoms with Gasteiger partial charge in [0.1, 0.15) is 0 Å². The molecule has 0 unspecified atom stereocenters. The van der Waals surface area contributed by atoms with Crippen LogP contribution in [0.3, 0.4) is 0 Å². The highest BCUT2D eigenvalue weighted by molar-refractivity contribution is 9.09. The van der Waals surface area contributed by atoms with Gasteiger partial charge in [0, 0.05) is 45.6 Å². The molecule has 0 fully saturated rings. The molecule has 0 bridgehead atoms. The average Bonchev–Trinajstić information content (AvgIpc) is 4.10. The van der Waals surface area contributed by atoms with Crippen molar-refractivity contribution in [3.05, 3.63) is 224 Å². The highest BCUT2D eigenvalue weighted by Crippen LogP contribution is 2.53. The molecule has 0 saturated heterocycles. The third-order valence-electron chi connectivity index (χ3n) is 12.4. The molecule has 274 valence electrons. The molecule has 12 rings (SSSR count). The second-order valence-corrected chi connectivity index (χ2v) is 17.4. The van der Waals surface area contributed by atoms with Crippen LogP contribution in [0.4, 0.5) is 0 Å². The van der Waals surface area contributed by atoms with Crippen molar-refractivity contribution in [1.29, 1.82) is 0 Å². The van der Waals surface area contributed by atoms with Gasteiger partial charge >= 0.3 is 5.91 Å². The molecule has 4 aromatic carbocycles. The second kappa shape index (κ2) is 12.7. The van der Waals surface area contributed by atoms with Gasteiger partial charge in [0.2, 0.25) is 22.8 Å². The number of benzene rings is 4. The molecule has 0 saturated carbocycles. The Bertz CT molecular complexity index is 2910. The van der Waals surface area contributed by atoms with Gasteiger partial charge in [0.25, 0.3) is 0 Å². The van der Waals surface area contributed by atoms with E-state index >= 15 is 0 Å². The Morgan fingerprint density at radius 3 is 1.04 bits per heavy atom. The van der Waals surface area contributed by atoms with Crippen LogP contribution in [-0.2, 0) is 27.2 Å². The molecule has 0 radical (unpaired) electrons. The summed E-state index contributed by atoms with van der Waals surface area (Å²) >= 11 is 14.8. The maximum absolute atomic E-state index is 3.69. The van der Waals surface area contributed by atoms with Gasteiger partial charge < -0.3 is 0 Å². The fourth-order valence-corrected chi connectivity index (χ4v) is 11.4. The topological polar surface area (TPSA) is 15.9 Å². The summed E-state index contributed by atoms with van der Waals surface area (Å²) in [5.41, 5.74) is 22.0. The van der Waals surface area contributed by atoms with Crippen LogP contribution in [0.25, 0.3) is 22.3 Å². The monoisotopic (exact) mass is 992 g/mol. The third kappa shape index (κ3) is 4.48. The normalized spacial score (nSPS) is 17.4. The van der Waals surface area contributed by atoms with Gasteiger partial charge in [-0.15, -0.1) is 0 Å². The Balaban J connectivity index is 1.28. The van der Waals surface area contributed by atoms with E-state index in [1.54, 1.807) is 0 Å². The van der Waals surface area contributed by atoms with Gasteiger partial charge in [-0.3, -0.25) is 0 Å². The molecule has 4 nitrogen and oxygen atoms in total. The summed E-state index contributed by atoms with van der Waals surface area (Å²) in [7, 11) is 0. The van der Waals surface area contributed by atoms with Crippen molar-refractivity contribution >= 4 is 97.4 Å². The Morgan fingerprint density at radius 1 is 0.368 bits per heavy atom. The zero-order valence-corrected chi connectivity index (χ0v) is 36.8. The minimum Gasteiger partial charge on any atom is -0.198 e. The van der Waals surface area contributed by atoms with Gasteiger partial charge in [-0.1, -0.05) is 170 Å². The van der Waals surface area contributed by atoms with E-state index in [4.69, 9.17) is 0 Å². The Labute approximate surface area is 363 Å². The van der Waals surface area contributed by atoms with E-state index in [-0.39, 0.29) is 0 Å². The highest BCUT2D eigenvalue weighted by Gasteiger charge is 2.72. The molecule has 0 N–H and O–H groups in total. The van der Waals surface area contributed by atoms with E-state index in [9.17, 15) is 0 Å². The first-order chi connectivity index (χ1) is 28.1. The summed E-state index contributed by atoms with van der Waals surface area (Å²) in [6.07, 6.45) is 9.47. The molecule has 57 heavy (non-hydrogen) atoms. The highest BCUT2D eigenvalue weighted by atomic mass is 79.9. The molecule has 8 heteroatoms. The zero-order chi connectivity index (χ0) is 38.2. The fourth-order valence-electron chi connectivity index (χ4n) is 9.95. The number of aromatic nitrogens is 2. The molecule has 2 aromatic heterocycles. The minimum absolute atomic E-state index is 0.804. The second-order valence-electron chi connectivity index (χ2n) is 15.2. The van der Waals surface area contributed by atoms with E-state index in [0.717, 1.165) is 21.3 Å². The molecule has 0 amide bonds. The van der Waals surface area contributed by atoms with E-state index in [1.807, 2.05) is 0 Å². The van der Waals surface area contributed by atoms with Crippen molar-refractivity contribution in [3.8, 4) is 0 Å². The van der Waals surface area contributed by atoms with E-state index < -0.39 is 5.91 Å². The van der Waals surface area contributed by atoms with E-state index in [2.05, 4.69) is 228 Å². The van der Waals surface area contributed by atoms with Crippen molar-refractivity contribution in [2.24, 2.45) is 0 Å². The average molecular weight is 996 g/mol. The molecular weight excluding hydrogens is 964 g/mol. The molecular formula is C49H32Br4N4+2. The fraction of sp³-hybridized carbons (Fsp3) is 0.102. The molecule has 0 atom stereocenters. The minimum atomic E-state index is -0.804. The molecule has 8 heterocycles. The van der Waals surface area contributed by atoms with Gasteiger partial charge in [0.15, 0.2) is 0 Å². The van der Waals surface area contributed by atoms with Crippen LogP contribution in [0.1, 0.15) is 55.9 Å². The standard InChI is InChI=1S/C49H32Br4N4/c50-25-29-1-9-33(10-2-29)45-37-17-19-39-46(34-11-3-30(26-51)4-12-34)41-21-23-43-48(36-15-7-32(28-53)8-16-36)44-24-22-42-47(35-13-5-31(27-52)6-14-35)40-20-18-38(45)55(40)49(54(37)39,56(41)43)57(42)44/h1-24H,25-28H2/q+2. The quantitative estimate of drug-likeness (QED) is 0.107. The van der Waals surface area contributed by atoms with Gasteiger partial charge in [0.05, 0.1) is 44.4 Å². The van der Waals surface area contributed by atoms with Crippen LogP contribution >= 0.6 is 63.7 Å². The summed E-state index contributed by atoms with van der Waals surface area (Å²) in [6, 6.07) is 45.8. The molecule has 6 aliphatic heterocycles. The number of alkyl halides is 4. The molecule has 0 aliphatic carbocycles. The number of hydrogen-bond acceptors (Lipinski definition) is 0. The van der Waals surface area contributed by atoms with Crippen molar-refractivity contribution in [2.45, 2.75) is 27.2 Å². The Kier molecular flexibility index (Phi) is 7.67. The van der Waals surface area contributed by atoms with Crippen LogP contribution in [-0.4, -0.2) is 29.7 Å². The van der Waals surface area contributed by atoms with Crippen molar-refractivity contribution < 1.29 is 9.15 Å². The number of hydrogen-bond donors (Lipinski definition) is 0. The summed E-state index contributed by atoms with van der Waals surface area (Å²) < 4.78 is 10.6. The number of halogens is 4. The number of allylic oxidation sites excluding steroid dienone is 4. The maximum atomic E-state index is 3.69. The first-order valence-corrected chi connectivity index (χ1v) is 23.6. The summed E-state index contributed by atoms with van der Waals surface area (Å²) in [4.78, 5) is 0. The summed E-state index contributed by atoms with van der Waals surface area (Å²) in [6.45, 7) is 0. The Hall–Kier alpha value is -4.60. The van der Waals surface area contributed by atoms with Crippen LogP contribution in [0, 0.1) is 0 Å². The van der Waals surface area contributed by atoms with Crippen LogP contribution in [0.5, 0.6) is 0 Å². The van der Waals surface area contributed by atoms with Crippen LogP contribution in [0.2, 0.25) is 0 Å². The first kappa shape index (κ1) is 34.4. The third-order valence-corrected chi connectivity index (χ3v) is 15.0. The lowest BCUT2D eigenvalue weighted by Crippen LogP contribution is -2.71. The summed E-state index contributed by atoms with van der Waals surface area (Å²) in [5, 5.41) is 5.69. The maximum Gasteiger partial charge on any atom is 0.553 e. The molecule has 1 spiro atoms. The lowest BCUT2D eigenvalue weighted by atomic mass is 9.92. The smallest absolute Gasteiger partial charge is 0.198 e. The van der Waals surface area contributed by atoms with Crippen molar-refractivity contribution in [2.75, 3.05) is 0 Å². The number of rotatable bonds is 8. The van der Waals surface area contributed by atoms with Gasteiger partial charge in [-0.05, 0) is 68.8 Å². The van der Waals surface area contributed by atoms with Crippen molar-refractivity contribution in [3.63, 3.8) is 0 Å². The lowest BCUT2D eigenvalue weighted by Gasteiger charge is -2.41. The predicted octanol–water partition coefficient (Wildman–Crippen LogP) is 10.0.